The summed E-state index contributed by atoms with van der Waals surface area (Å²) in [6, 6.07) is 19.2. The number of aryl methyl sites for hydroxylation is 4. The van der Waals surface area contributed by atoms with E-state index in [1.165, 1.54) is 22.4 Å². The van der Waals surface area contributed by atoms with Crippen LogP contribution in [0.4, 0.5) is 0 Å². The van der Waals surface area contributed by atoms with Gasteiger partial charge < -0.3 is 4.42 Å². The zero-order valence-corrected chi connectivity index (χ0v) is 18.3. The van der Waals surface area contributed by atoms with E-state index in [2.05, 4.69) is 61.1 Å². The Morgan fingerprint density at radius 3 is 2.58 bits per heavy atom. The van der Waals surface area contributed by atoms with E-state index >= 15 is 0 Å². The molecule has 0 radical (unpaired) electrons. The largest absolute Gasteiger partial charge is 0.454 e. The van der Waals surface area contributed by atoms with Crippen LogP contribution >= 0.6 is 11.3 Å². The molecule has 0 saturated heterocycles. The summed E-state index contributed by atoms with van der Waals surface area (Å²) < 4.78 is 8.77. The van der Waals surface area contributed by atoms with Gasteiger partial charge >= 0.3 is 0 Å². The van der Waals surface area contributed by atoms with Crippen LogP contribution in [-0.4, -0.2) is 0 Å². The van der Waals surface area contributed by atoms with Gasteiger partial charge in [-0.15, -0.1) is 11.3 Å². The van der Waals surface area contributed by atoms with Gasteiger partial charge in [0, 0.05) is 32.7 Å². The van der Waals surface area contributed by atoms with Gasteiger partial charge in [-0.3, -0.25) is 0 Å². The molecule has 0 saturated carbocycles. The van der Waals surface area contributed by atoms with Gasteiger partial charge in [-0.25, -0.2) is 4.57 Å². The van der Waals surface area contributed by atoms with Crippen LogP contribution in [-0.2, 0) is 19.9 Å². The number of pyridine rings is 1. The molecule has 0 fully saturated rings. The summed E-state index contributed by atoms with van der Waals surface area (Å²) in [6.45, 7) is 2.13. The maximum absolute atomic E-state index is 9.88. The van der Waals surface area contributed by atoms with Crippen LogP contribution in [0.3, 0.4) is 0 Å². The van der Waals surface area contributed by atoms with E-state index in [9.17, 15) is 5.26 Å². The monoisotopic (exact) mass is 421 g/mol. The van der Waals surface area contributed by atoms with E-state index in [1.807, 2.05) is 29.5 Å². The highest BCUT2D eigenvalue weighted by Gasteiger charge is 2.24. The molecule has 5 aromatic rings. The van der Waals surface area contributed by atoms with Crippen molar-refractivity contribution in [2.45, 2.75) is 26.2 Å². The second-order valence-corrected chi connectivity index (χ2v) is 9.46. The fraction of sp³-hybridized carbons (Fsp3) is 0.185. The Morgan fingerprint density at radius 2 is 1.81 bits per heavy atom. The molecule has 0 spiro atoms. The summed E-state index contributed by atoms with van der Waals surface area (Å²) in [5.41, 5.74) is 8.15. The molecule has 0 N–H and O–H groups in total. The second kappa shape index (κ2) is 6.80. The molecule has 2 aromatic carbocycles. The summed E-state index contributed by atoms with van der Waals surface area (Å²) in [7, 11) is 2.06. The fourth-order valence-corrected chi connectivity index (χ4v) is 6.20. The third-order valence-corrected chi connectivity index (χ3v) is 7.70. The van der Waals surface area contributed by atoms with Crippen LogP contribution in [0.15, 0.2) is 59.1 Å². The molecule has 1 aliphatic rings. The number of hydrogen-bond acceptors (Lipinski definition) is 3. The first-order valence-electron chi connectivity index (χ1n) is 10.6. The predicted octanol–water partition coefficient (Wildman–Crippen LogP) is 6.47. The minimum Gasteiger partial charge on any atom is -0.454 e. The number of rotatable bonds is 2. The molecule has 150 valence electrons. The first-order chi connectivity index (χ1) is 15.2. The van der Waals surface area contributed by atoms with E-state index in [-0.39, 0.29) is 0 Å². The van der Waals surface area contributed by atoms with Crippen molar-refractivity contribution >= 4 is 33.3 Å². The average molecular weight is 422 g/mol. The number of furan rings is 1. The van der Waals surface area contributed by atoms with E-state index in [4.69, 9.17) is 4.42 Å². The summed E-state index contributed by atoms with van der Waals surface area (Å²) in [4.78, 5) is 2.61. The Balaban J connectivity index is 1.71. The lowest BCUT2D eigenvalue weighted by molar-refractivity contribution is -0.660. The summed E-state index contributed by atoms with van der Waals surface area (Å²) in [6.07, 6.45) is 5.57. The zero-order valence-electron chi connectivity index (χ0n) is 17.5. The lowest BCUT2D eigenvalue weighted by Crippen LogP contribution is -2.30. The van der Waals surface area contributed by atoms with Crippen molar-refractivity contribution in [1.82, 2.24) is 0 Å². The van der Waals surface area contributed by atoms with Crippen LogP contribution in [0.2, 0.25) is 0 Å². The molecule has 31 heavy (non-hydrogen) atoms. The van der Waals surface area contributed by atoms with Gasteiger partial charge in [0.05, 0.1) is 22.8 Å². The van der Waals surface area contributed by atoms with Crippen LogP contribution in [0.25, 0.3) is 43.6 Å². The molecule has 0 bridgehead atoms. The lowest BCUT2D eigenvalue weighted by atomic mass is 9.98. The first kappa shape index (κ1) is 18.4. The number of thiophene rings is 1. The quantitative estimate of drug-likeness (QED) is 0.306. The van der Waals surface area contributed by atoms with Crippen LogP contribution < -0.4 is 4.57 Å². The Bertz CT molecular complexity index is 1530. The molecule has 0 amide bonds. The summed E-state index contributed by atoms with van der Waals surface area (Å²) >= 11 is 1.82. The SMILES string of the molecule is Cc1ccc2c(oc3c(-c4cc5c(s4)CCC5)c(C#N)ccc32)c1-c1cccc[n+]1C. The van der Waals surface area contributed by atoms with E-state index in [0.717, 1.165) is 56.5 Å². The van der Waals surface area contributed by atoms with Crippen molar-refractivity contribution in [3.05, 3.63) is 76.3 Å². The number of nitriles is 1. The number of nitrogens with zero attached hydrogens (tertiary/aromatic N) is 2. The van der Waals surface area contributed by atoms with Gasteiger partial charge in [-0.05, 0) is 61.6 Å². The number of aromatic nitrogens is 1. The molecule has 1 aliphatic carbocycles. The topological polar surface area (TPSA) is 40.8 Å². The second-order valence-electron chi connectivity index (χ2n) is 8.32. The third kappa shape index (κ3) is 2.67. The van der Waals surface area contributed by atoms with Crippen molar-refractivity contribution < 1.29 is 8.98 Å². The lowest BCUT2D eigenvalue weighted by Gasteiger charge is -2.05. The van der Waals surface area contributed by atoms with Gasteiger partial charge in [-0.2, -0.15) is 5.26 Å². The molecule has 3 nitrogen and oxygen atoms in total. The van der Waals surface area contributed by atoms with Gasteiger partial charge in [0.25, 0.3) is 0 Å². The van der Waals surface area contributed by atoms with E-state index < -0.39 is 0 Å². The Kier molecular flexibility index (Phi) is 4.03. The van der Waals surface area contributed by atoms with Crippen molar-refractivity contribution in [3.63, 3.8) is 0 Å². The van der Waals surface area contributed by atoms with Gasteiger partial charge in [0.15, 0.2) is 6.20 Å². The van der Waals surface area contributed by atoms with Gasteiger partial charge in [0.1, 0.15) is 18.2 Å². The van der Waals surface area contributed by atoms with Crippen LogP contribution in [0.5, 0.6) is 0 Å². The molecule has 0 unspecified atom stereocenters. The van der Waals surface area contributed by atoms with Gasteiger partial charge in [0.2, 0.25) is 5.69 Å². The minimum absolute atomic E-state index is 0.676. The number of benzene rings is 2. The summed E-state index contributed by atoms with van der Waals surface area (Å²) in [5.74, 6) is 0. The Hall–Kier alpha value is -3.42. The normalized spacial score (nSPS) is 13.1. The minimum atomic E-state index is 0.676. The Labute approximate surface area is 184 Å². The van der Waals surface area contributed by atoms with Crippen molar-refractivity contribution in [1.29, 1.82) is 5.26 Å². The highest BCUT2D eigenvalue weighted by atomic mass is 32.1. The maximum atomic E-state index is 9.88. The van der Waals surface area contributed by atoms with Crippen LogP contribution in [0.1, 0.15) is 28.0 Å². The molecule has 0 aliphatic heterocycles. The number of fused-ring (bicyclic) bond motifs is 4. The van der Waals surface area contributed by atoms with E-state index in [0.29, 0.717) is 5.56 Å². The molecular weight excluding hydrogens is 400 g/mol. The number of hydrogen-bond donors (Lipinski definition) is 0. The Morgan fingerprint density at radius 1 is 1.00 bits per heavy atom. The first-order valence-corrected chi connectivity index (χ1v) is 11.4. The zero-order chi connectivity index (χ0) is 21.1. The standard InChI is InChI=1S/C27H21N2OS/c1-16-9-11-19-20-12-10-18(15-28)25(23-14-17-6-5-8-22(17)31-23)27(20)30-26(19)24(16)21-7-3-4-13-29(21)2/h3-4,7,9-14H,5-6,8H2,1-2H3/q+1. The molecule has 0 atom stereocenters. The van der Waals surface area contributed by atoms with E-state index in [1.54, 1.807) is 0 Å². The molecular formula is C27H21N2OS+. The molecule has 3 aromatic heterocycles. The highest BCUT2D eigenvalue weighted by Crippen LogP contribution is 2.45. The average Bonchev–Trinajstić information content (AvgIpc) is 3.46. The molecule has 6 rings (SSSR count). The van der Waals surface area contributed by atoms with Crippen molar-refractivity contribution in [2.75, 3.05) is 0 Å². The predicted molar refractivity (Wildman–Crippen MR) is 125 cm³/mol. The van der Waals surface area contributed by atoms with Gasteiger partial charge in [-0.1, -0.05) is 12.1 Å². The third-order valence-electron chi connectivity index (χ3n) is 6.44. The fourth-order valence-electron chi connectivity index (χ4n) is 4.89. The highest BCUT2D eigenvalue weighted by molar-refractivity contribution is 7.15. The summed E-state index contributed by atoms with van der Waals surface area (Å²) in [5, 5.41) is 12.0. The maximum Gasteiger partial charge on any atom is 0.216 e. The molecule has 4 heteroatoms. The van der Waals surface area contributed by atoms with Crippen LogP contribution in [0, 0.1) is 18.3 Å². The van der Waals surface area contributed by atoms with Crippen molar-refractivity contribution in [3.8, 4) is 27.8 Å². The molecule has 3 heterocycles. The van der Waals surface area contributed by atoms with Crippen molar-refractivity contribution in [2.24, 2.45) is 7.05 Å². The smallest absolute Gasteiger partial charge is 0.216 e.